The molecular formula is C29H27FN6O2. The Kier molecular flexibility index (Phi) is 5.58. The molecule has 3 aromatic carbocycles. The molecular weight excluding hydrogens is 483 g/mol. The zero-order valence-corrected chi connectivity index (χ0v) is 20.7. The van der Waals surface area contributed by atoms with Crippen LogP contribution in [0.1, 0.15) is 12.8 Å². The lowest BCUT2D eigenvalue weighted by molar-refractivity contribution is 0.270. The number of phenolic OH excluding ortho intramolecular Hbond substituents is 1. The number of aromatic hydroxyl groups is 1. The maximum absolute atomic E-state index is 16.4. The molecule has 0 saturated carbocycles. The predicted octanol–water partition coefficient (Wildman–Crippen LogP) is 4.51. The number of phenols is 1. The van der Waals surface area contributed by atoms with Gasteiger partial charge in [0.05, 0.1) is 6.54 Å². The third kappa shape index (κ3) is 4.09. The van der Waals surface area contributed by atoms with Crippen molar-refractivity contribution in [2.24, 2.45) is 0 Å². The minimum absolute atomic E-state index is 0.0838. The highest BCUT2D eigenvalue weighted by Gasteiger charge is 2.34. The number of piperazine rings is 1. The Hall–Kier alpha value is -4.24. The molecule has 5 aromatic rings. The maximum atomic E-state index is 16.4. The van der Waals surface area contributed by atoms with Gasteiger partial charge in [-0.3, -0.25) is 4.68 Å². The molecule has 8 nitrogen and oxygen atoms in total. The summed E-state index contributed by atoms with van der Waals surface area (Å²) in [5.74, 6) is 0.311. The van der Waals surface area contributed by atoms with Gasteiger partial charge in [0, 0.05) is 48.5 Å². The van der Waals surface area contributed by atoms with Gasteiger partial charge in [0.15, 0.2) is 5.82 Å². The molecule has 2 saturated heterocycles. The van der Waals surface area contributed by atoms with Gasteiger partial charge in [-0.05, 0) is 53.4 Å². The lowest BCUT2D eigenvalue weighted by Gasteiger charge is -2.34. The van der Waals surface area contributed by atoms with Crippen LogP contribution >= 0.6 is 0 Å². The molecule has 2 aromatic heterocycles. The van der Waals surface area contributed by atoms with E-state index in [-0.39, 0.29) is 17.3 Å². The number of aromatic nitrogens is 4. The number of nitrogens with one attached hydrogen (secondary N) is 1. The van der Waals surface area contributed by atoms with Crippen LogP contribution in [-0.4, -0.2) is 56.6 Å². The van der Waals surface area contributed by atoms with E-state index in [4.69, 9.17) is 9.72 Å². The molecule has 0 amide bonds. The molecule has 2 aliphatic rings. The lowest BCUT2D eigenvalue weighted by atomic mass is 9.96. The second kappa shape index (κ2) is 9.25. The van der Waals surface area contributed by atoms with Crippen molar-refractivity contribution >= 4 is 27.5 Å². The van der Waals surface area contributed by atoms with Crippen molar-refractivity contribution in [2.45, 2.75) is 31.5 Å². The molecule has 2 atom stereocenters. The monoisotopic (exact) mass is 510 g/mol. The summed E-state index contributed by atoms with van der Waals surface area (Å²) < 4.78 is 24.1. The van der Waals surface area contributed by atoms with E-state index >= 15 is 4.39 Å². The first kappa shape index (κ1) is 22.9. The summed E-state index contributed by atoms with van der Waals surface area (Å²) in [6.07, 6.45) is 5.82. The van der Waals surface area contributed by atoms with E-state index in [0.717, 1.165) is 36.7 Å². The smallest absolute Gasteiger partial charge is 0.319 e. The highest BCUT2D eigenvalue weighted by molar-refractivity contribution is 6.01. The molecule has 0 spiro atoms. The van der Waals surface area contributed by atoms with Gasteiger partial charge in [0.25, 0.3) is 0 Å². The number of nitrogens with zero attached hydrogens (tertiary/aromatic N) is 5. The number of anilines is 1. The van der Waals surface area contributed by atoms with Crippen LogP contribution in [0.15, 0.2) is 67.0 Å². The summed E-state index contributed by atoms with van der Waals surface area (Å²) in [5.41, 5.74) is 1.19. The minimum Gasteiger partial charge on any atom is -0.508 e. The van der Waals surface area contributed by atoms with Gasteiger partial charge in [-0.1, -0.05) is 30.3 Å². The molecule has 38 heavy (non-hydrogen) atoms. The van der Waals surface area contributed by atoms with E-state index in [1.807, 2.05) is 42.6 Å². The topological polar surface area (TPSA) is 88.3 Å². The fourth-order valence-corrected chi connectivity index (χ4v) is 5.79. The van der Waals surface area contributed by atoms with Gasteiger partial charge in [-0.15, -0.1) is 0 Å². The van der Waals surface area contributed by atoms with Gasteiger partial charge in [0.1, 0.15) is 23.7 Å². The SMILES string of the molecule is Oc1cc(-c2ccc3c(N4CC5CCC(C4)N5)nc(OCCn4cccn4)nc3c2F)c2ccccc2c1. The molecule has 0 radical (unpaired) electrons. The van der Waals surface area contributed by atoms with Gasteiger partial charge in [-0.2, -0.15) is 15.1 Å². The highest BCUT2D eigenvalue weighted by Crippen LogP contribution is 2.38. The number of ether oxygens (including phenoxy) is 1. The number of hydrogen-bond acceptors (Lipinski definition) is 7. The van der Waals surface area contributed by atoms with Crippen LogP contribution in [-0.2, 0) is 6.54 Å². The first-order chi connectivity index (χ1) is 18.6. The molecule has 7 rings (SSSR count). The third-order valence-corrected chi connectivity index (χ3v) is 7.53. The predicted molar refractivity (Wildman–Crippen MR) is 144 cm³/mol. The van der Waals surface area contributed by atoms with Gasteiger partial charge >= 0.3 is 6.01 Å². The summed E-state index contributed by atoms with van der Waals surface area (Å²) in [6.45, 7) is 2.43. The Bertz CT molecular complexity index is 1630. The van der Waals surface area contributed by atoms with Gasteiger partial charge < -0.3 is 20.1 Å². The first-order valence-electron chi connectivity index (χ1n) is 13.0. The number of benzene rings is 3. The van der Waals surface area contributed by atoms with E-state index in [9.17, 15) is 5.11 Å². The molecule has 0 aliphatic carbocycles. The number of hydrogen-bond donors (Lipinski definition) is 2. The van der Waals surface area contributed by atoms with Crippen LogP contribution in [0.4, 0.5) is 10.2 Å². The van der Waals surface area contributed by atoms with Crippen LogP contribution in [0.25, 0.3) is 32.8 Å². The average molecular weight is 511 g/mol. The fourth-order valence-electron chi connectivity index (χ4n) is 5.79. The number of rotatable bonds is 6. The Balaban J connectivity index is 1.34. The molecule has 9 heteroatoms. The Morgan fingerprint density at radius 2 is 1.82 bits per heavy atom. The zero-order valence-electron chi connectivity index (χ0n) is 20.7. The molecule has 2 N–H and O–H groups in total. The fraction of sp³-hybridized carbons (Fsp3) is 0.276. The summed E-state index contributed by atoms with van der Waals surface area (Å²) in [4.78, 5) is 11.6. The molecule has 4 heterocycles. The Morgan fingerprint density at radius 1 is 0.974 bits per heavy atom. The van der Waals surface area contributed by atoms with Crippen molar-refractivity contribution in [3.63, 3.8) is 0 Å². The second-order valence-corrected chi connectivity index (χ2v) is 10.0. The van der Waals surface area contributed by atoms with Crippen LogP contribution in [0, 0.1) is 5.82 Å². The van der Waals surface area contributed by atoms with Crippen LogP contribution in [0.5, 0.6) is 11.8 Å². The van der Waals surface area contributed by atoms with Crippen molar-refractivity contribution in [1.29, 1.82) is 0 Å². The minimum atomic E-state index is -0.461. The van der Waals surface area contributed by atoms with Crippen LogP contribution in [0.2, 0.25) is 0 Å². The first-order valence-corrected chi connectivity index (χ1v) is 13.0. The summed E-state index contributed by atoms with van der Waals surface area (Å²) >= 11 is 0. The standard InChI is InChI=1S/C29H27FN6O2/c30-26-23(25-15-21(37)14-18-4-1-2-5-22(18)25)8-9-24-27(26)33-29(38-13-12-36-11-3-10-31-36)34-28(24)35-16-19-6-7-20(17-35)32-19/h1-5,8-11,14-15,19-20,32,37H,6-7,12-13,16-17H2. The normalized spacial score (nSPS) is 18.9. The number of fused-ring (bicyclic) bond motifs is 4. The van der Waals surface area contributed by atoms with Crippen LogP contribution in [0.3, 0.4) is 0 Å². The molecule has 2 bridgehead atoms. The van der Waals surface area contributed by atoms with Crippen molar-refractivity contribution in [2.75, 3.05) is 24.6 Å². The molecule has 2 aliphatic heterocycles. The van der Waals surface area contributed by atoms with Crippen molar-refractivity contribution < 1.29 is 14.2 Å². The Morgan fingerprint density at radius 3 is 2.63 bits per heavy atom. The molecule has 2 fully saturated rings. The van der Waals surface area contributed by atoms with Crippen molar-refractivity contribution in [1.82, 2.24) is 25.1 Å². The quantitative estimate of drug-likeness (QED) is 0.348. The zero-order chi connectivity index (χ0) is 25.6. The van der Waals surface area contributed by atoms with Gasteiger partial charge in [0.2, 0.25) is 0 Å². The Labute approximate surface area is 218 Å². The molecule has 192 valence electrons. The van der Waals surface area contributed by atoms with E-state index in [1.54, 1.807) is 29.1 Å². The lowest BCUT2D eigenvalue weighted by Crippen LogP contribution is -2.51. The van der Waals surface area contributed by atoms with E-state index < -0.39 is 5.82 Å². The van der Waals surface area contributed by atoms with Crippen LogP contribution < -0.4 is 15.0 Å². The summed E-state index contributed by atoms with van der Waals surface area (Å²) in [7, 11) is 0. The highest BCUT2D eigenvalue weighted by atomic mass is 19.1. The maximum Gasteiger partial charge on any atom is 0.319 e. The van der Waals surface area contributed by atoms with Crippen molar-refractivity contribution in [3.8, 4) is 22.9 Å². The summed E-state index contributed by atoms with van der Waals surface area (Å²) in [5, 5.41) is 20.6. The van der Waals surface area contributed by atoms with Crippen molar-refractivity contribution in [3.05, 3.63) is 72.8 Å². The summed E-state index contributed by atoms with van der Waals surface area (Å²) in [6, 6.07) is 17.4. The third-order valence-electron chi connectivity index (χ3n) is 7.53. The second-order valence-electron chi connectivity index (χ2n) is 10.0. The van der Waals surface area contributed by atoms with E-state index in [1.165, 1.54) is 0 Å². The van der Waals surface area contributed by atoms with E-state index in [0.29, 0.717) is 47.6 Å². The van der Waals surface area contributed by atoms with E-state index in [2.05, 4.69) is 20.3 Å². The average Bonchev–Trinajstić information content (AvgIpc) is 3.57. The largest absolute Gasteiger partial charge is 0.508 e. The van der Waals surface area contributed by atoms with Gasteiger partial charge in [-0.25, -0.2) is 4.39 Å². The molecule has 2 unspecified atom stereocenters. The number of halogens is 1.